The van der Waals surface area contributed by atoms with E-state index in [0.29, 0.717) is 12.3 Å². The number of nitrogens with one attached hydrogen (secondary N) is 1. The van der Waals surface area contributed by atoms with Gasteiger partial charge in [0.1, 0.15) is 5.58 Å². The van der Waals surface area contributed by atoms with Gasteiger partial charge in [0.2, 0.25) is 5.89 Å². The number of halogens is 1. The smallest absolute Gasteiger partial charge is 0.231 e. The van der Waals surface area contributed by atoms with E-state index in [4.69, 9.17) is 8.94 Å². The predicted molar refractivity (Wildman–Crippen MR) is 98.3 cm³/mol. The molecule has 1 saturated heterocycles. The second kappa shape index (κ2) is 7.15. The number of piperazine rings is 1. The maximum atomic E-state index is 5.76. The fourth-order valence-electron chi connectivity index (χ4n) is 3.26. The summed E-state index contributed by atoms with van der Waals surface area (Å²) in [5, 5.41) is 8.68. The predicted octanol–water partition coefficient (Wildman–Crippen LogP) is 3.02. The Balaban J connectivity index is 0.00000182. The van der Waals surface area contributed by atoms with Gasteiger partial charge in [-0.1, -0.05) is 17.3 Å². The molecule has 3 heterocycles. The molecule has 134 valence electrons. The molecule has 1 atom stereocenters. The SMILES string of the molecule is Cc1ccc2c(Cc3nc(C4CNCCN4C)no3)coc2c1C.Cl. The fourth-order valence-corrected chi connectivity index (χ4v) is 3.26. The Morgan fingerprint density at radius 2 is 2.16 bits per heavy atom. The summed E-state index contributed by atoms with van der Waals surface area (Å²) in [4.78, 5) is 6.86. The van der Waals surface area contributed by atoms with Crippen LogP contribution in [-0.2, 0) is 6.42 Å². The van der Waals surface area contributed by atoms with Gasteiger partial charge in [-0.05, 0) is 32.0 Å². The molecule has 0 aliphatic carbocycles. The van der Waals surface area contributed by atoms with Crippen LogP contribution < -0.4 is 5.32 Å². The van der Waals surface area contributed by atoms with Crippen molar-refractivity contribution in [3.05, 3.63) is 46.8 Å². The number of fused-ring (bicyclic) bond motifs is 1. The molecule has 1 aliphatic heterocycles. The number of furan rings is 1. The number of benzene rings is 1. The van der Waals surface area contributed by atoms with Gasteiger partial charge in [-0.25, -0.2) is 0 Å². The summed E-state index contributed by atoms with van der Waals surface area (Å²) in [6.45, 7) is 7.01. The molecular formula is C18H23ClN4O2. The second-order valence-electron chi connectivity index (χ2n) is 6.57. The van der Waals surface area contributed by atoms with Crippen molar-refractivity contribution in [1.29, 1.82) is 0 Å². The minimum Gasteiger partial charge on any atom is -0.464 e. The summed E-state index contributed by atoms with van der Waals surface area (Å²) in [6, 6.07) is 4.40. The molecule has 25 heavy (non-hydrogen) atoms. The summed E-state index contributed by atoms with van der Waals surface area (Å²) < 4.78 is 11.3. The Kier molecular flexibility index (Phi) is 5.13. The number of hydrogen-bond donors (Lipinski definition) is 1. The Bertz CT molecular complexity index is 873. The topological polar surface area (TPSA) is 67.3 Å². The van der Waals surface area contributed by atoms with E-state index in [1.165, 1.54) is 11.1 Å². The van der Waals surface area contributed by atoms with Gasteiger partial charge in [0.05, 0.1) is 18.7 Å². The summed E-state index contributed by atoms with van der Waals surface area (Å²) in [5.41, 5.74) is 4.44. The van der Waals surface area contributed by atoms with Gasteiger partial charge in [-0.3, -0.25) is 4.90 Å². The van der Waals surface area contributed by atoms with Crippen LogP contribution in [0.1, 0.15) is 34.4 Å². The first kappa shape index (κ1) is 17.9. The molecule has 6 nitrogen and oxygen atoms in total. The highest BCUT2D eigenvalue weighted by molar-refractivity contribution is 5.85. The van der Waals surface area contributed by atoms with Gasteiger partial charge < -0.3 is 14.3 Å². The average molecular weight is 363 g/mol. The molecular weight excluding hydrogens is 340 g/mol. The molecule has 0 spiro atoms. The van der Waals surface area contributed by atoms with Crippen LogP contribution in [0.5, 0.6) is 0 Å². The van der Waals surface area contributed by atoms with Gasteiger partial charge in [0, 0.05) is 30.6 Å². The molecule has 1 unspecified atom stereocenters. The molecule has 1 fully saturated rings. The highest BCUT2D eigenvalue weighted by Crippen LogP contribution is 2.28. The van der Waals surface area contributed by atoms with Crippen molar-refractivity contribution in [1.82, 2.24) is 20.4 Å². The number of aryl methyl sites for hydroxylation is 2. The van der Waals surface area contributed by atoms with Crippen LogP contribution in [0.25, 0.3) is 11.0 Å². The molecule has 2 aromatic heterocycles. The number of rotatable bonds is 3. The van der Waals surface area contributed by atoms with E-state index in [1.807, 2.05) is 0 Å². The number of nitrogens with zero attached hydrogens (tertiary/aromatic N) is 3. The zero-order valence-electron chi connectivity index (χ0n) is 14.7. The summed E-state index contributed by atoms with van der Waals surface area (Å²) in [6.07, 6.45) is 2.39. The molecule has 7 heteroatoms. The molecule has 3 aromatic rings. The molecule has 0 saturated carbocycles. The normalized spacial score (nSPS) is 18.4. The third-order valence-corrected chi connectivity index (χ3v) is 4.98. The van der Waals surface area contributed by atoms with Crippen LogP contribution >= 0.6 is 12.4 Å². The zero-order valence-corrected chi connectivity index (χ0v) is 15.5. The average Bonchev–Trinajstić information content (AvgIpc) is 3.20. The van der Waals surface area contributed by atoms with E-state index >= 15 is 0 Å². The van der Waals surface area contributed by atoms with E-state index in [0.717, 1.165) is 42.0 Å². The monoisotopic (exact) mass is 362 g/mol. The highest BCUT2D eigenvalue weighted by atomic mass is 35.5. The molecule has 4 rings (SSSR count). The van der Waals surface area contributed by atoms with Crippen LogP contribution in [0.15, 0.2) is 27.3 Å². The second-order valence-corrected chi connectivity index (χ2v) is 6.57. The van der Waals surface area contributed by atoms with Crippen LogP contribution in [0.3, 0.4) is 0 Å². The van der Waals surface area contributed by atoms with Crippen molar-refractivity contribution in [2.75, 3.05) is 26.7 Å². The van der Waals surface area contributed by atoms with Crippen LogP contribution in [0.4, 0.5) is 0 Å². The molecule has 1 aromatic carbocycles. The van der Waals surface area contributed by atoms with E-state index in [-0.39, 0.29) is 18.4 Å². The Labute approximate surface area is 153 Å². The molecule has 0 amide bonds. The van der Waals surface area contributed by atoms with Gasteiger partial charge in [0.15, 0.2) is 5.82 Å². The largest absolute Gasteiger partial charge is 0.464 e. The molecule has 0 radical (unpaired) electrons. The molecule has 1 N–H and O–H groups in total. The van der Waals surface area contributed by atoms with E-state index in [9.17, 15) is 0 Å². The Morgan fingerprint density at radius 3 is 2.96 bits per heavy atom. The third-order valence-electron chi connectivity index (χ3n) is 4.98. The van der Waals surface area contributed by atoms with Crippen molar-refractivity contribution in [3.8, 4) is 0 Å². The fraction of sp³-hybridized carbons (Fsp3) is 0.444. The quantitative estimate of drug-likeness (QED) is 0.772. The summed E-state index contributed by atoms with van der Waals surface area (Å²) in [5.74, 6) is 1.38. The standard InChI is InChI=1S/C18H22N4O2.ClH/c1-11-4-5-14-13(10-23-17(14)12(11)2)8-16-20-18(21-24-16)15-9-19-6-7-22(15)3;/h4-5,10,15,19H,6-9H2,1-3H3;1H. The number of likely N-dealkylation sites (N-methyl/N-ethyl adjacent to an activating group) is 1. The minimum atomic E-state index is 0. The number of aromatic nitrogens is 2. The Hall–Kier alpha value is -1.89. The van der Waals surface area contributed by atoms with Crippen molar-refractivity contribution in [2.24, 2.45) is 0 Å². The van der Waals surface area contributed by atoms with Gasteiger partial charge in [-0.15, -0.1) is 12.4 Å². The highest BCUT2D eigenvalue weighted by Gasteiger charge is 2.25. The first-order chi connectivity index (χ1) is 11.6. The van der Waals surface area contributed by atoms with Crippen molar-refractivity contribution < 1.29 is 8.94 Å². The minimum absolute atomic E-state index is 0. The molecule has 1 aliphatic rings. The third kappa shape index (κ3) is 3.29. The molecule has 0 bridgehead atoms. The first-order valence-electron chi connectivity index (χ1n) is 8.33. The Morgan fingerprint density at radius 1 is 1.32 bits per heavy atom. The maximum absolute atomic E-state index is 5.76. The first-order valence-corrected chi connectivity index (χ1v) is 8.33. The van der Waals surface area contributed by atoms with Gasteiger partial charge in [0.25, 0.3) is 0 Å². The van der Waals surface area contributed by atoms with Crippen LogP contribution in [0, 0.1) is 13.8 Å². The van der Waals surface area contributed by atoms with Crippen LogP contribution in [-0.4, -0.2) is 41.7 Å². The van der Waals surface area contributed by atoms with Gasteiger partial charge in [-0.2, -0.15) is 4.98 Å². The lowest BCUT2D eigenvalue weighted by Crippen LogP contribution is -2.44. The number of hydrogen-bond acceptors (Lipinski definition) is 6. The lowest BCUT2D eigenvalue weighted by atomic mass is 10.0. The van der Waals surface area contributed by atoms with Gasteiger partial charge >= 0.3 is 0 Å². The van der Waals surface area contributed by atoms with E-state index < -0.39 is 0 Å². The van der Waals surface area contributed by atoms with Crippen molar-refractivity contribution in [2.45, 2.75) is 26.3 Å². The summed E-state index contributed by atoms with van der Waals surface area (Å²) >= 11 is 0. The van der Waals surface area contributed by atoms with Crippen LogP contribution in [0.2, 0.25) is 0 Å². The summed E-state index contributed by atoms with van der Waals surface area (Å²) in [7, 11) is 2.09. The van der Waals surface area contributed by atoms with Crippen molar-refractivity contribution >= 4 is 23.4 Å². The lowest BCUT2D eigenvalue weighted by Gasteiger charge is -2.30. The van der Waals surface area contributed by atoms with E-state index in [2.05, 4.69) is 53.4 Å². The van der Waals surface area contributed by atoms with Crippen molar-refractivity contribution in [3.63, 3.8) is 0 Å². The maximum Gasteiger partial charge on any atom is 0.231 e. The van der Waals surface area contributed by atoms with E-state index in [1.54, 1.807) is 6.26 Å². The lowest BCUT2D eigenvalue weighted by molar-refractivity contribution is 0.190. The zero-order chi connectivity index (χ0) is 16.7.